The van der Waals surface area contributed by atoms with Gasteiger partial charge in [0.05, 0.1) is 18.2 Å². The summed E-state index contributed by atoms with van der Waals surface area (Å²) in [7, 11) is 1.54. The number of thiocarbonyl (C=S) groups is 1. The zero-order valence-corrected chi connectivity index (χ0v) is 15.2. The van der Waals surface area contributed by atoms with Crippen LogP contribution >= 0.6 is 12.2 Å². The van der Waals surface area contributed by atoms with Crippen molar-refractivity contribution in [2.45, 2.75) is 19.9 Å². The lowest BCUT2D eigenvalue weighted by molar-refractivity contribution is -0.140. The molecule has 1 atom stereocenters. The molecule has 0 bridgehead atoms. The van der Waals surface area contributed by atoms with Gasteiger partial charge in [-0.2, -0.15) is 0 Å². The highest BCUT2D eigenvalue weighted by atomic mass is 32.1. The third-order valence-electron chi connectivity index (χ3n) is 3.57. The van der Waals surface area contributed by atoms with Crippen LogP contribution in [0.4, 0.5) is 5.69 Å². The van der Waals surface area contributed by atoms with E-state index in [1.807, 2.05) is 12.1 Å². The summed E-state index contributed by atoms with van der Waals surface area (Å²) in [6, 6.07) is 6.76. The van der Waals surface area contributed by atoms with E-state index >= 15 is 0 Å². The van der Waals surface area contributed by atoms with Gasteiger partial charge < -0.3 is 25.4 Å². The van der Waals surface area contributed by atoms with Gasteiger partial charge in [0.25, 0.3) is 0 Å². The second-order valence-corrected chi connectivity index (χ2v) is 5.91. The first-order valence-electron chi connectivity index (χ1n) is 7.74. The number of rotatable bonds is 6. The minimum absolute atomic E-state index is 0.146. The maximum absolute atomic E-state index is 12.5. The number of hydrogen-bond donors (Lipinski definition) is 3. The molecule has 0 aromatic heterocycles. The summed E-state index contributed by atoms with van der Waals surface area (Å²) >= 11 is 5.20. The number of carbonyl (C=O) groups is 2. The van der Waals surface area contributed by atoms with Gasteiger partial charge in [0.1, 0.15) is 6.61 Å². The van der Waals surface area contributed by atoms with Gasteiger partial charge in [-0.25, -0.2) is 4.79 Å². The topological polar surface area (TPSA) is 88.7 Å². The lowest BCUT2D eigenvalue weighted by atomic mass is 9.95. The molecule has 0 spiro atoms. The molecular formula is C17H21N3O4S. The van der Waals surface area contributed by atoms with E-state index in [2.05, 4.69) is 16.0 Å². The number of ether oxygens (including phenoxy) is 2. The number of methoxy groups -OCH3 is 1. The van der Waals surface area contributed by atoms with E-state index in [0.29, 0.717) is 28.7 Å². The number of benzene rings is 1. The highest BCUT2D eigenvalue weighted by Gasteiger charge is 2.30. The molecule has 1 aliphatic heterocycles. The Morgan fingerprint density at radius 1 is 1.24 bits per heavy atom. The Hall–Kier alpha value is -2.45. The molecule has 1 amide bonds. The standard InChI is InChI=1S/C17H21N3O4S/c1-10-14(16(22)24-9-8-23-3)15(20-17(25)18-10)12-4-6-13(7-5-12)19-11(2)21/h4-7,15H,8-9H2,1-3H3,(H,19,21)(H2,18,20,25)/t15-/m1/s1. The van der Waals surface area contributed by atoms with Crippen LogP contribution in [0.5, 0.6) is 0 Å². The highest BCUT2D eigenvalue weighted by molar-refractivity contribution is 7.80. The van der Waals surface area contributed by atoms with Crippen molar-refractivity contribution < 1.29 is 19.1 Å². The predicted molar refractivity (Wildman–Crippen MR) is 97.9 cm³/mol. The van der Waals surface area contributed by atoms with Crippen LogP contribution < -0.4 is 16.0 Å². The molecule has 0 saturated heterocycles. The lowest BCUT2D eigenvalue weighted by Gasteiger charge is -2.30. The first-order chi connectivity index (χ1) is 11.9. The molecule has 1 aromatic carbocycles. The average molecular weight is 363 g/mol. The molecule has 1 heterocycles. The maximum atomic E-state index is 12.5. The largest absolute Gasteiger partial charge is 0.460 e. The first-order valence-corrected chi connectivity index (χ1v) is 8.15. The summed E-state index contributed by atoms with van der Waals surface area (Å²) in [5.74, 6) is -0.583. The Morgan fingerprint density at radius 2 is 1.92 bits per heavy atom. The zero-order chi connectivity index (χ0) is 18.4. The van der Waals surface area contributed by atoms with Crippen molar-refractivity contribution in [3.63, 3.8) is 0 Å². The number of hydrogen-bond acceptors (Lipinski definition) is 5. The number of carbonyl (C=O) groups excluding carboxylic acids is 2. The van der Waals surface area contributed by atoms with Crippen LogP contribution in [0.1, 0.15) is 25.5 Å². The van der Waals surface area contributed by atoms with Gasteiger partial charge in [-0.15, -0.1) is 0 Å². The molecule has 1 aromatic rings. The van der Waals surface area contributed by atoms with Gasteiger partial charge in [0, 0.05) is 25.4 Å². The normalized spacial score (nSPS) is 16.8. The molecule has 134 valence electrons. The molecule has 3 N–H and O–H groups in total. The lowest BCUT2D eigenvalue weighted by Crippen LogP contribution is -2.45. The highest BCUT2D eigenvalue weighted by Crippen LogP contribution is 2.28. The van der Waals surface area contributed by atoms with Gasteiger partial charge in [-0.3, -0.25) is 4.79 Å². The average Bonchev–Trinajstić information content (AvgIpc) is 2.54. The number of esters is 1. The van der Waals surface area contributed by atoms with Gasteiger partial charge >= 0.3 is 5.97 Å². The molecular weight excluding hydrogens is 342 g/mol. The number of allylic oxidation sites excluding steroid dienone is 1. The van der Waals surface area contributed by atoms with E-state index in [1.165, 1.54) is 6.92 Å². The Balaban J connectivity index is 2.25. The van der Waals surface area contributed by atoms with E-state index < -0.39 is 12.0 Å². The molecule has 25 heavy (non-hydrogen) atoms. The second kappa shape index (κ2) is 8.59. The number of nitrogens with one attached hydrogen (secondary N) is 3. The molecule has 0 unspecified atom stereocenters. The van der Waals surface area contributed by atoms with E-state index in [1.54, 1.807) is 26.2 Å². The molecule has 8 heteroatoms. The van der Waals surface area contributed by atoms with Crippen LogP contribution in [-0.4, -0.2) is 37.3 Å². The van der Waals surface area contributed by atoms with Gasteiger partial charge in [0.2, 0.25) is 5.91 Å². The third kappa shape index (κ3) is 5.01. The Bertz CT molecular complexity index is 700. The molecule has 7 nitrogen and oxygen atoms in total. The van der Waals surface area contributed by atoms with Crippen molar-refractivity contribution in [1.82, 2.24) is 10.6 Å². The monoisotopic (exact) mass is 363 g/mol. The second-order valence-electron chi connectivity index (χ2n) is 5.50. The fraction of sp³-hybridized carbons (Fsp3) is 0.353. The Kier molecular flexibility index (Phi) is 6.49. The number of anilines is 1. The first kappa shape index (κ1) is 18.9. The molecule has 2 rings (SSSR count). The smallest absolute Gasteiger partial charge is 0.338 e. The van der Waals surface area contributed by atoms with Gasteiger partial charge in [-0.05, 0) is 36.8 Å². The predicted octanol–water partition coefficient (Wildman–Crippen LogP) is 1.63. The van der Waals surface area contributed by atoms with Crippen molar-refractivity contribution in [3.05, 3.63) is 41.1 Å². The summed E-state index contributed by atoms with van der Waals surface area (Å²) in [6.07, 6.45) is 0. The van der Waals surface area contributed by atoms with Crippen molar-refractivity contribution in [3.8, 4) is 0 Å². The molecule has 1 aliphatic rings. The molecule has 0 aliphatic carbocycles. The van der Waals surface area contributed by atoms with E-state index in [0.717, 1.165) is 5.56 Å². The minimum atomic E-state index is -0.437. The van der Waals surface area contributed by atoms with Crippen LogP contribution in [0.3, 0.4) is 0 Å². The fourth-order valence-electron chi connectivity index (χ4n) is 2.47. The van der Waals surface area contributed by atoms with Crippen molar-refractivity contribution in [2.75, 3.05) is 25.6 Å². The van der Waals surface area contributed by atoms with E-state index in [9.17, 15) is 9.59 Å². The van der Waals surface area contributed by atoms with E-state index in [-0.39, 0.29) is 12.5 Å². The Labute approximate surface area is 151 Å². The summed E-state index contributed by atoms with van der Waals surface area (Å²) in [5, 5.41) is 9.17. The van der Waals surface area contributed by atoms with Crippen LogP contribution in [-0.2, 0) is 19.1 Å². The summed E-state index contributed by atoms with van der Waals surface area (Å²) in [6.45, 7) is 3.72. The van der Waals surface area contributed by atoms with Gasteiger partial charge in [-0.1, -0.05) is 12.1 Å². The number of amides is 1. The summed E-state index contributed by atoms with van der Waals surface area (Å²) < 4.78 is 10.2. The van der Waals surface area contributed by atoms with Crippen molar-refractivity contribution in [2.24, 2.45) is 0 Å². The van der Waals surface area contributed by atoms with Gasteiger partial charge in [0.15, 0.2) is 5.11 Å². The van der Waals surface area contributed by atoms with Crippen LogP contribution in [0.25, 0.3) is 0 Å². The zero-order valence-electron chi connectivity index (χ0n) is 14.3. The SMILES string of the molecule is COCCOC(=O)C1=C(C)NC(=S)N[C@@H]1c1ccc(NC(C)=O)cc1. The molecule has 0 fully saturated rings. The van der Waals surface area contributed by atoms with Crippen LogP contribution in [0, 0.1) is 0 Å². The summed E-state index contributed by atoms with van der Waals surface area (Å²) in [5.41, 5.74) is 2.60. The maximum Gasteiger partial charge on any atom is 0.338 e. The summed E-state index contributed by atoms with van der Waals surface area (Å²) in [4.78, 5) is 23.6. The quantitative estimate of drug-likeness (QED) is 0.402. The fourth-order valence-corrected chi connectivity index (χ4v) is 2.74. The third-order valence-corrected chi connectivity index (χ3v) is 3.79. The van der Waals surface area contributed by atoms with Crippen LogP contribution in [0.15, 0.2) is 35.5 Å². The van der Waals surface area contributed by atoms with Crippen LogP contribution in [0.2, 0.25) is 0 Å². The minimum Gasteiger partial charge on any atom is -0.460 e. The Morgan fingerprint density at radius 3 is 2.52 bits per heavy atom. The molecule has 0 saturated carbocycles. The van der Waals surface area contributed by atoms with E-state index in [4.69, 9.17) is 21.7 Å². The molecule has 0 radical (unpaired) electrons. The van der Waals surface area contributed by atoms with Crippen molar-refractivity contribution >= 4 is 34.9 Å². The van der Waals surface area contributed by atoms with Crippen molar-refractivity contribution in [1.29, 1.82) is 0 Å².